The van der Waals surface area contributed by atoms with E-state index in [9.17, 15) is 9.59 Å². The van der Waals surface area contributed by atoms with Crippen molar-refractivity contribution in [2.24, 2.45) is 5.92 Å². The summed E-state index contributed by atoms with van der Waals surface area (Å²) in [4.78, 5) is 24.9. The van der Waals surface area contributed by atoms with Crippen LogP contribution in [0.2, 0.25) is 0 Å². The van der Waals surface area contributed by atoms with Gasteiger partial charge in [0.2, 0.25) is 11.8 Å². The van der Waals surface area contributed by atoms with Crippen LogP contribution >= 0.6 is 0 Å². The molecule has 1 aliphatic carbocycles. The van der Waals surface area contributed by atoms with Crippen LogP contribution in [0.15, 0.2) is 0 Å². The van der Waals surface area contributed by atoms with Crippen LogP contribution in [-0.2, 0) is 9.59 Å². The second-order valence-corrected chi connectivity index (χ2v) is 5.24. The fourth-order valence-electron chi connectivity index (χ4n) is 2.29. The molecule has 0 aromatic carbocycles. The molecule has 19 heavy (non-hydrogen) atoms. The van der Waals surface area contributed by atoms with E-state index >= 15 is 0 Å². The van der Waals surface area contributed by atoms with Crippen LogP contribution in [-0.4, -0.2) is 48.9 Å². The highest BCUT2D eigenvalue weighted by Crippen LogP contribution is 2.33. The minimum atomic E-state index is -0.00729. The molecule has 0 aromatic rings. The lowest BCUT2D eigenvalue weighted by atomic mass is 10.2. The Morgan fingerprint density at radius 3 is 2.53 bits per heavy atom. The summed E-state index contributed by atoms with van der Waals surface area (Å²) in [5, 5.41) is 5.80. The van der Waals surface area contributed by atoms with Crippen LogP contribution in [0.4, 0.5) is 0 Å². The van der Waals surface area contributed by atoms with Crippen LogP contribution in [0.25, 0.3) is 0 Å². The highest BCUT2D eigenvalue weighted by atomic mass is 16.2. The van der Waals surface area contributed by atoms with Gasteiger partial charge >= 0.3 is 0 Å². The molecular formula is C14H27N3O2. The molecule has 2 N–H and O–H groups in total. The highest BCUT2D eigenvalue weighted by molar-refractivity contribution is 5.77. The largest absolute Gasteiger partial charge is 0.356 e. The van der Waals surface area contributed by atoms with Crippen molar-refractivity contribution in [2.45, 2.75) is 46.1 Å². The van der Waals surface area contributed by atoms with Crippen LogP contribution in [0, 0.1) is 5.92 Å². The molecule has 0 radical (unpaired) electrons. The molecule has 0 aliphatic heterocycles. The maximum atomic E-state index is 11.7. The standard InChI is InChI=1S/C14H27N3O2/c1-4-17(5-2)8-6-7-15-14(19)10-12-9-13(12)16-11(3)18/h12-13H,4-10H2,1-3H3,(H,15,19)(H,16,18). The van der Waals surface area contributed by atoms with Crippen LogP contribution < -0.4 is 10.6 Å². The molecular weight excluding hydrogens is 242 g/mol. The molecule has 2 atom stereocenters. The minimum Gasteiger partial charge on any atom is -0.356 e. The van der Waals surface area contributed by atoms with E-state index in [4.69, 9.17) is 0 Å². The maximum Gasteiger partial charge on any atom is 0.220 e. The highest BCUT2D eigenvalue weighted by Gasteiger charge is 2.38. The first-order chi connectivity index (χ1) is 9.06. The van der Waals surface area contributed by atoms with E-state index in [0.29, 0.717) is 12.3 Å². The predicted octanol–water partition coefficient (Wildman–Crippen LogP) is 0.749. The van der Waals surface area contributed by atoms with Gasteiger partial charge in [0.15, 0.2) is 0 Å². The van der Waals surface area contributed by atoms with Crippen molar-refractivity contribution < 1.29 is 9.59 Å². The van der Waals surface area contributed by atoms with E-state index in [0.717, 1.165) is 39.0 Å². The molecule has 5 heteroatoms. The second kappa shape index (κ2) is 8.15. The van der Waals surface area contributed by atoms with Gasteiger partial charge in [-0.2, -0.15) is 0 Å². The monoisotopic (exact) mass is 269 g/mol. The first-order valence-corrected chi connectivity index (χ1v) is 7.33. The lowest BCUT2D eigenvalue weighted by molar-refractivity contribution is -0.122. The zero-order chi connectivity index (χ0) is 14.3. The van der Waals surface area contributed by atoms with E-state index in [-0.39, 0.29) is 17.9 Å². The lowest BCUT2D eigenvalue weighted by Crippen LogP contribution is -2.30. The third-order valence-corrected chi connectivity index (χ3v) is 3.63. The Kier molecular flexibility index (Phi) is 6.84. The zero-order valence-corrected chi connectivity index (χ0v) is 12.4. The lowest BCUT2D eigenvalue weighted by Gasteiger charge is -2.17. The first kappa shape index (κ1) is 16.0. The summed E-state index contributed by atoms with van der Waals surface area (Å²) >= 11 is 0. The maximum absolute atomic E-state index is 11.7. The molecule has 0 saturated heterocycles. The number of hydrogen-bond donors (Lipinski definition) is 2. The number of amides is 2. The van der Waals surface area contributed by atoms with E-state index in [1.165, 1.54) is 6.92 Å². The average molecular weight is 269 g/mol. The number of nitrogens with zero attached hydrogens (tertiary/aromatic N) is 1. The third-order valence-electron chi connectivity index (χ3n) is 3.63. The quantitative estimate of drug-likeness (QED) is 0.607. The normalized spacial score (nSPS) is 21.3. The van der Waals surface area contributed by atoms with Gasteiger partial charge in [-0.3, -0.25) is 9.59 Å². The summed E-state index contributed by atoms with van der Waals surface area (Å²) in [6.45, 7) is 9.71. The minimum absolute atomic E-state index is 0.00729. The predicted molar refractivity (Wildman–Crippen MR) is 75.7 cm³/mol. The molecule has 5 nitrogen and oxygen atoms in total. The molecule has 0 spiro atoms. The summed E-state index contributed by atoms with van der Waals surface area (Å²) in [6, 6.07) is 0.221. The Bertz CT molecular complexity index is 303. The Labute approximate surface area is 116 Å². The fourth-order valence-corrected chi connectivity index (χ4v) is 2.29. The van der Waals surface area contributed by atoms with Gasteiger partial charge in [-0.1, -0.05) is 13.8 Å². The number of rotatable bonds is 9. The number of nitrogens with one attached hydrogen (secondary N) is 2. The van der Waals surface area contributed by atoms with Gasteiger partial charge in [-0.25, -0.2) is 0 Å². The SMILES string of the molecule is CCN(CC)CCCNC(=O)CC1CC1NC(C)=O. The molecule has 1 aliphatic rings. The Morgan fingerprint density at radius 2 is 1.95 bits per heavy atom. The van der Waals surface area contributed by atoms with Crippen molar-refractivity contribution in [3.8, 4) is 0 Å². The van der Waals surface area contributed by atoms with E-state index in [1.54, 1.807) is 0 Å². The topological polar surface area (TPSA) is 61.4 Å². The van der Waals surface area contributed by atoms with E-state index < -0.39 is 0 Å². The molecule has 2 unspecified atom stereocenters. The van der Waals surface area contributed by atoms with Gasteiger partial charge in [0.25, 0.3) is 0 Å². The summed E-state index contributed by atoms with van der Waals surface area (Å²) < 4.78 is 0. The second-order valence-electron chi connectivity index (χ2n) is 5.24. The van der Waals surface area contributed by atoms with Gasteiger partial charge < -0.3 is 15.5 Å². The van der Waals surface area contributed by atoms with Crippen molar-refractivity contribution in [3.63, 3.8) is 0 Å². The molecule has 1 rings (SSSR count). The van der Waals surface area contributed by atoms with Crippen molar-refractivity contribution in [1.29, 1.82) is 0 Å². The van der Waals surface area contributed by atoms with E-state index in [1.807, 2.05) is 0 Å². The van der Waals surface area contributed by atoms with Crippen molar-refractivity contribution in [3.05, 3.63) is 0 Å². The van der Waals surface area contributed by atoms with Gasteiger partial charge in [-0.15, -0.1) is 0 Å². The van der Waals surface area contributed by atoms with Crippen LogP contribution in [0.3, 0.4) is 0 Å². The van der Waals surface area contributed by atoms with Gasteiger partial charge in [0, 0.05) is 25.9 Å². The summed E-state index contributed by atoms with van der Waals surface area (Å²) in [7, 11) is 0. The first-order valence-electron chi connectivity index (χ1n) is 7.33. The molecule has 2 amide bonds. The van der Waals surface area contributed by atoms with E-state index in [2.05, 4.69) is 29.4 Å². The average Bonchev–Trinajstić information content (AvgIpc) is 3.06. The van der Waals surface area contributed by atoms with Crippen LogP contribution in [0.1, 0.15) is 40.0 Å². The van der Waals surface area contributed by atoms with Crippen molar-refractivity contribution in [1.82, 2.24) is 15.5 Å². The molecule has 110 valence electrons. The van der Waals surface area contributed by atoms with Crippen molar-refractivity contribution >= 4 is 11.8 Å². The number of hydrogen-bond acceptors (Lipinski definition) is 3. The fraction of sp³-hybridized carbons (Fsp3) is 0.857. The molecule has 0 heterocycles. The summed E-state index contributed by atoms with van der Waals surface area (Å²) in [5.41, 5.74) is 0. The smallest absolute Gasteiger partial charge is 0.220 e. The Hall–Kier alpha value is -1.10. The number of carbonyl (C=O) groups excluding carboxylic acids is 2. The van der Waals surface area contributed by atoms with Gasteiger partial charge in [0.05, 0.1) is 0 Å². The Balaban J connectivity index is 2.02. The molecule has 1 fully saturated rings. The number of carbonyl (C=O) groups is 2. The van der Waals surface area contributed by atoms with Crippen LogP contribution in [0.5, 0.6) is 0 Å². The Morgan fingerprint density at radius 1 is 1.26 bits per heavy atom. The summed E-state index contributed by atoms with van der Waals surface area (Å²) in [5.74, 6) is 0.441. The summed E-state index contributed by atoms with van der Waals surface area (Å²) in [6.07, 6.45) is 2.47. The zero-order valence-electron chi connectivity index (χ0n) is 12.4. The molecule has 1 saturated carbocycles. The molecule has 0 aromatic heterocycles. The van der Waals surface area contributed by atoms with Crippen molar-refractivity contribution in [2.75, 3.05) is 26.2 Å². The van der Waals surface area contributed by atoms with Gasteiger partial charge in [0.1, 0.15) is 0 Å². The molecule has 0 bridgehead atoms. The third kappa shape index (κ3) is 6.57. The van der Waals surface area contributed by atoms with Gasteiger partial charge in [-0.05, 0) is 38.4 Å².